The number of hydrogen-bond acceptors (Lipinski definition) is 10. The molecule has 0 aliphatic carbocycles. The first-order valence-corrected chi connectivity index (χ1v) is 9.58. The molecule has 8 N–H and O–H groups in total. The van der Waals surface area contributed by atoms with Crippen molar-refractivity contribution < 1.29 is 24.7 Å². The first-order valence-electron chi connectivity index (χ1n) is 9.58. The summed E-state index contributed by atoms with van der Waals surface area (Å²) in [5.41, 5.74) is 7.87. The normalized spacial score (nSPS) is 11.5. The van der Waals surface area contributed by atoms with Gasteiger partial charge in [0.1, 0.15) is 6.04 Å². The molecule has 0 radical (unpaired) electrons. The summed E-state index contributed by atoms with van der Waals surface area (Å²) < 4.78 is 0. The van der Waals surface area contributed by atoms with Gasteiger partial charge in [0.25, 0.3) is 11.5 Å². The van der Waals surface area contributed by atoms with Gasteiger partial charge in [-0.25, -0.2) is 20.2 Å². The monoisotopic (exact) mass is 456 g/mol. The highest BCUT2D eigenvalue weighted by Crippen LogP contribution is 2.12. The smallest absolute Gasteiger partial charge is 0.326 e. The maximum absolute atomic E-state index is 12.3. The van der Waals surface area contributed by atoms with Crippen LogP contribution in [-0.2, 0) is 16.1 Å². The molecule has 0 fully saturated rings. The number of aliphatic carboxylic acids is 1. The maximum Gasteiger partial charge on any atom is 0.326 e. The standard InChI is InChI=1S/C19H20N8O6/c20-19-25-15-14(17(30)26-19)23-11(8-22-15)7-21-10-3-1-9(2-4-10)16(29)24-12(18(31)32)5-6-13(28)27-33/h1-4,8,12,21,33H,5-7H2,(H,24,29)(H,27,28)(H,31,32)(H3,20,22,25,26,30). The third kappa shape index (κ3) is 5.98. The highest BCUT2D eigenvalue weighted by atomic mass is 16.5. The Morgan fingerprint density at radius 2 is 1.88 bits per heavy atom. The summed E-state index contributed by atoms with van der Waals surface area (Å²) in [5, 5.41) is 23.1. The molecular formula is C19H20N8O6. The van der Waals surface area contributed by atoms with Crippen molar-refractivity contribution in [3.05, 3.63) is 52.1 Å². The average molecular weight is 456 g/mol. The number of anilines is 2. The number of rotatable bonds is 9. The van der Waals surface area contributed by atoms with Crippen molar-refractivity contribution >= 4 is 40.6 Å². The van der Waals surface area contributed by atoms with Gasteiger partial charge >= 0.3 is 5.97 Å². The average Bonchev–Trinajstić information content (AvgIpc) is 2.80. The van der Waals surface area contributed by atoms with E-state index in [0.717, 1.165) is 0 Å². The molecule has 14 heteroatoms. The summed E-state index contributed by atoms with van der Waals surface area (Å²) >= 11 is 0. The number of carbonyl (C=O) groups is 3. The van der Waals surface area contributed by atoms with Crippen molar-refractivity contribution in [2.45, 2.75) is 25.4 Å². The number of aromatic amines is 1. The number of aromatic nitrogens is 4. The van der Waals surface area contributed by atoms with Gasteiger partial charge in [0.2, 0.25) is 11.9 Å². The van der Waals surface area contributed by atoms with Crippen molar-refractivity contribution in [1.29, 1.82) is 0 Å². The number of carboxylic acids is 1. The van der Waals surface area contributed by atoms with Gasteiger partial charge in [-0.3, -0.25) is 24.6 Å². The lowest BCUT2D eigenvalue weighted by Gasteiger charge is -2.14. The van der Waals surface area contributed by atoms with Crippen LogP contribution in [0.3, 0.4) is 0 Å². The zero-order valence-corrected chi connectivity index (χ0v) is 17.0. The van der Waals surface area contributed by atoms with Crippen LogP contribution in [-0.4, -0.2) is 54.1 Å². The first kappa shape index (κ1) is 23.1. The van der Waals surface area contributed by atoms with Crippen molar-refractivity contribution in [2.75, 3.05) is 11.1 Å². The van der Waals surface area contributed by atoms with E-state index in [0.29, 0.717) is 11.4 Å². The molecule has 0 aliphatic heterocycles. The highest BCUT2D eigenvalue weighted by Gasteiger charge is 2.21. The van der Waals surface area contributed by atoms with Gasteiger partial charge in [0.05, 0.1) is 18.4 Å². The van der Waals surface area contributed by atoms with Crippen molar-refractivity contribution in [1.82, 2.24) is 30.7 Å². The van der Waals surface area contributed by atoms with Gasteiger partial charge in [-0.1, -0.05) is 0 Å². The molecule has 1 aromatic carbocycles. The number of amides is 2. The van der Waals surface area contributed by atoms with Crippen LogP contribution in [0.15, 0.2) is 35.3 Å². The number of hydrogen-bond donors (Lipinski definition) is 7. The number of hydroxylamine groups is 1. The van der Waals surface area contributed by atoms with E-state index in [1.807, 2.05) is 0 Å². The van der Waals surface area contributed by atoms with Crippen LogP contribution in [0.5, 0.6) is 0 Å². The lowest BCUT2D eigenvalue weighted by Crippen LogP contribution is -2.41. The SMILES string of the molecule is Nc1nc2ncc(CNc3ccc(C(=O)NC(CCC(=O)NO)C(=O)O)cc3)nc2c(=O)[nH]1. The van der Waals surface area contributed by atoms with Gasteiger partial charge in [-0.15, -0.1) is 0 Å². The molecular weight excluding hydrogens is 436 g/mol. The van der Waals surface area contributed by atoms with E-state index < -0.39 is 29.4 Å². The van der Waals surface area contributed by atoms with Crippen molar-refractivity contribution in [3.63, 3.8) is 0 Å². The second-order valence-electron chi connectivity index (χ2n) is 6.85. The third-order valence-electron chi connectivity index (χ3n) is 4.50. The van der Waals surface area contributed by atoms with E-state index in [1.165, 1.54) is 23.8 Å². The lowest BCUT2D eigenvalue weighted by molar-refractivity contribution is -0.139. The topological polar surface area (TPSA) is 225 Å². The van der Waals surface area contributed by atoms with Crippen LogP contribution in [0.2, 0.25) is 0 Å². The fourth-order valence-corrected chi connectivity index (χ4v) is 2.82. The molecule has 172 valence electrons. The molecule has 3 rings (SSSR count). The minimum absolute atomic E-state index is 0.0536. The number of carbonyl (C=O) groups excluding carboxylic acids is 2. The molecule has 33 heavy (non-hydrogen) atoms. The molecule has 3 aromatic rings. The molecule has 14 nitrogen and oxygen atoms in total. The summed E-state index contributed by atoms with van der Waals surface area (Å²) in [6.45, 7) is 0.228. The Labute approximate surface area is 185 Å². The number of carboxylic acid groups (broad SMARTS) is 1. The molecule has 1 atom stereocenters. The van der Waals surface area contributed by atoms with E-state index in [4.69, 9.17) is 10.9 Å². The number of nitrogens with zero attached hydrogens (tertiary/aromatic N) is 3. The van der Waals surface area contributed by atoms with Gasteiger partial charge in [-0.2, -0.15) is 4.98 Å². The molecule has 0 saturated heterocycles. The zero-order valence-electron chi connectivity index (χ0n) is 17.0. The molecule has 0 saturated carbocycles. The third-order valence-corrected chi connectivity index (χ3v) is 4.50. The minimum atomic E-state index is -1.31. The molecule has 0 aliphatic rings. The Balaban J connectivity index is 1.61. The van der Waals surface area contributed by atoms with E-state index >= 15 is 0 Å². The minimum Gasteiger partial charge on any atom is -0.480 e. The second kappa shape index (κ2) is 10.1. The largest absolute Gasteiger partial charge is 0.480 e. The number of benzene rings is 1. The predicted octanol–water partition coefficient (Wildman–Crippen LogP) is -0.624. The second-order valence-corrected chi connectivity index (χ2v) is 6.85. The van der Waals surface area contributed by atoms with Crippen LogP contribution in [0.1, 0.15) is 28.9 Å². The number of nitrogens with two attached hydrogens (primary N) is 1. The van der Waals surface area contributed by atoms with Crippen molar-refractivity contribution in [3.8, 4) is 0 Å². The van der Waals surface area contributed by atoms with Crippen LogP contribution >= 0.6 is 0 Å². The van der Waals surface area contributed by atoms with Gasteiger partial charge in [-0.05, 0) is 30.7 Å². The molecule has 2 heterocycles. The van der Waals surface area contributed by atoms with E-state index in [-0.39, 0.29) is 42.1 Å². The van der Waals surface area contributed by atoms with Gasteiger partial charge in [0, 0.05) is 17.7 Å². The Kier molecular flexibility index (Phi) is 7.10. The number of nitrogens with one attached hydrogen (secondary N) is 4. The van der Waals surface area contributed by atoms with Gasteiger partial charge < -0.3 is 21.5 Å². The number of nitrogen functional groups attached to an aromatic ring is 1. The Bertz CT molecular complexity index is 1240. The molecule has 1 unspecified atom stereocenters. The molecule has 0 bridgehead atoms. The Morgan fingerprint density at radius 1 is 1.15 bits per heavy atom. The molecule has 0 spiro atoms. The number of H-pyrrole nitrogens is 1. The summed E-state index contributed by atoms with van der Waals surface area (Å²) in [5.74, 6) is -2.75. The Hall–Kier alpha value is -4.59. The van der Waals surface area contributed by atoms with E-state index in [1.54, 1.807) is 12.1 Å². The molecule has 2 amide bonds. The van der Waals surface area contributed by atoms with Gasteiger partial charge in [0.15, 0.2) is 11.2 Å². The summed E-state index contributed by atoms with van der Waals surface area (Å²) in [4.78, 5) is 61.2. The zero-order chi connectivity index (χ0) is 24.0. The van der Waals surface area contributed by atoms with Crippen molar-refractivity contribution in [2.24, 2.45) is 0 Å². The summed E-state index contributed by atoms with van der Waals surface area (Å²) in [6, 6.07) is 4.88. The van der Waals surface area contributed by atoms with Crippen LogP contribution < -0.4 is 27.4 Å². The Morgan fingerprint density at radius 3 is 2.55 bits per heavy atom. The molecule has 2 aromatic heterocycles. The number of fused-ring (bicyclic) bond motifs is 1. The highest BCUT2D eigenvalue weighted by molar-refractivity contribution is 5.97. The quantitative estimate of drug-likeness (QED) is 0.158. The summed E-state index contributed by atoms with van der Waals surface area (Å²) in [7, 11) is 0. The summed E-state index contributed by atoms with van der Waals surface area (Å²) in [6.07, 6.45) is 0.987. The van der Waals surface area contributed by atoms with E-state index in [2.05, 4.69) is 30.6 Å². The maximum atomic E-state index is 12.3. The first-order chi connectivity index (χ1) is 15.8. The predicted molar refractivity (Wildman–Crippen MR) is 114 cm³/mol. The fourth-order valence-electron chi connectivity index (χ4n) is 2.82. The van der Waals surface area contributed by atoms with Crippen LogP contribution in [0.4, 0.5) is 11.6 Å². The van der Waals surface area contributed by atoms with E-state index in [9.17, 15) is 24.3 Å². The lowest BCUT2D eigenvalue weighted by atomic mass is 10.1. The van der Waals surface area contributed by atoms with Crippen LogP contribution in [0.25, 0.3) is 11.2 Å². The van der Waals surface area contributed by atoms with Crippen LogP contribution in [0, 0.1) is 0 Å². The fraction of sp³-hybridized carbons (Fsp3) is 0.211.